The highest BCUT2D eigenvalue weighted by Gasteiger charge is 2.25. The molecule has 1 fully saturated rings. The fourth-order valence-electron chi connectivity index (χ4n) is 4.26. The second-order valence-electron chi connectivity index (χ2n) is 8.77. The minimum Gasteiger partial charge on any atom is -0.355 e. The number of carbonyl (C=O) groups excluding carboxylic acids is 1. The lowest BCUT2D eigenvalue weighted by Crippen LogP contribution is -2.31. The largest absolute Gasteiger partial charge is 0.355 e. The molecule has 7 nitrogen and oxygen atoms in total. The minimum atomic E-state index is -0.127. The van der Waals surface area contributed by atoms with Gasteiger partial charge in [-0.15, -0.1) is 0 Å². The van der Waals surface area contributed by atoms with E-state index in [1.54, 1.807) is 18.3 Å². The highest BCUT2D eigenvalue weighted by Crippen LogP contribution is 2.28. The Hall–Kier alpha value is -3.97. The molecule has 1 aliphatic rings. The molecule has 0 bridgehead atoms. The predicted molar refractivity (Wildman–Crippen MR) is 138 cm³/mol. The van der Waals surface area contributed by atoms with Crippen LogP contribution in [-0.2, 0) is 0 Å². The van der Waals surface area contributed by atoms with Crippen LogP contribution < -0.4 is 15.5 Å². The molecule has 4 aromatic rings. The lowest BCUT2D eigenvalue weighted by Gasteiger charge is -2.21. The second-order valence-corrected chi connectivity index (χ2v) is 8.77. The van der Waals surface area contributed by atoms with Crippen molar-refractivity contribution in [2.24, 2.45) is 0 Å². The van der Waals surface area contributed by atoms with Gasteiger partial charge < -0.3 is 20.4 Å². The number of nitrogens with one attached hydrogen (secondary N) is 2. The van der Waals surface area contributed by atoms with Gasteiger partial charge in [-0.25, -0.2) is 9.97 Å². The molecule has 2 aromatic carbocycles. The first-order chi connectivity index (χ1) is 16.6. The van der Waals surface area contributed by atoms with Crippen molar-refractivity contribution in [1.29, 1.82) is 0 Å². The van der Waals surface area contributed by atoms with Gasteiger partial charge in [-0.1, -0.05) is 18.2 Å². The Morgan fingerprint density at radius 3 is 2.47 bits per heavy atom. The number of aromatic nitrogens is 2. The standard InChI is InChI=1S/C27H28N6O/c1-32(2)22-15-17-33(18-22)25-13-12-23-24(14-16-28-26(23)31-25)29-20-8-10-21(11-9-20)30-27(34)19-6-4-3-5-7-19/h3-14,16,22H,15,17-18H2,1-2H3,(H,30,34)(H,28,29,31)/t22-/m0/s1. The molecule has 0 spiro atoms. The summed E-state index contributed by atoms with van der Waals surface area (Å²) in [6, 6.07) is 23.5. The van der Waals surface area contributed by atoms with E-state index in [1.807, 2.05) is 48.5 Å². The Bertz CT molecular complexity index is 1290. The Balaban J connectivity index is 1.29. The highest BCUT2D eigenvalue weighted by atomic mass is 16.1. The van der Waals surface area contributed by atoms with Crippen LogP contribution in [0.3, 0.4) is 0 Å². The van der Waals surface area contributed by atoms with Crippen LogP contribution in [-0.4, -0.2) is 54.0 Å². The van der Waals surface area contributed by atoms with E-state index in [2.05, 4.69) is 51.6 Å². The summed E-state index contributed by atoms with van der Waals surface area (Å²) in [5.74, 6) is 0.846. The number of rotatable bonds is 6. The number of hydrogen-bond acceptors (Lipinski definition) is 6. The van der Waals surface area contributed by atoms with Gasteiger partial charge in [0.05, 0.1) is 5.69 Å². The van der Waals surface area contributed by atoms with Gasteiger partial charge in [-0.05, 0) is 75.1 Å². The molecule has 1 aliphatic heterocycles. The molecule has 0 radical (unpaired) electrons. The Morgan fingerprint density at radius 2 is 1.74 bits per heavy atom. The molecule has 0 saturated carbocycles. The third-order valence-corrected chi connectivity index (χ3v) is 6.26. The van der Waals surface area contributed by atoms with E-state index < -0.39 is 0 Å². The first kappa shape index (κ1) is 21.9. The van der Waals surface area contributed by atoms with Crippen LogP contribution in [0, 0.1) is 0 Å². The molecular formula is C27H28N6O. The smallest absolute Gasteiger partial charge is 0.255 e. The highest BCUT2D eigenvalue weighted by molar-refractivity contribution is 6.04. The van der Waals surface area contributed by atoms with Crippen LogP contribution in [0.1, 0.15) is 16.8 Å². The molecular weight excluding hydrogens is 424 g/mol. The van der Waals surface area contributed by atoms with Crippen molar-refractivity contribution in [1.82, 2.24) is 14.9 Å². The molecule has 2 N–H and O–H groups in total. The fraction of sp³-hybridized carbons (Fsp3) is 0.222. The van der Waals surface area contributed by atoms with E-state index in [9.17, 15) is 4.79 Å². The van der Waals surface area contributed by atoms with Crippen molar-refractivity contribution in [2.45, 2.75) is 12.5 Å². The molecule has 7 heteroatoms. The Morgan fingerprint density at radius 1 is 0.971 bits per heavy atom. The average Bonchev–Trinajstić information content (AvgIpc) is 3.37. The van der Waals surface area contributed by atoms with Gasteiger partial charge >= 0.3 is 0 Å². The van der Waals surface area contributed by atoms with E-state index in [4.69, 9.17) is 4.98 Å². The monoisotopic (exact) mass is 452 g/mol. The van der Waals surface area contributed by atoms with E-state index in [0.29, 0.717) is 11.6 Å². The fourth-order valence-corrected chi connectivity index (χ4v) is 4.26. The summed E-state index contributed by atoms with van der Waals surface area (Å²) in [6.07, 6.45) is 2.92. The zero-order valence-corrected chi connectivity index (χ0v) is 19.4. The third kappa shape index (κ3) is 4.70. The van der Waals surface area contributed by atoms with Crippen LogP contribution >= 0.6 is 0 Å². The summed E-state index contributed by atoms with van der Waals surface area (Å²) in [5, 5.41) is 7.35. The molecule has 1 amide bonds. The van der Waals surface area contributed by atoms with Crippen molar-refractivity contribution in [3.63, 3.8) is 0 Å². The maximum atomic E-state index is 12.4. The van der Waals surface area contributed by atoms with E-state index >= 15 is 0 Å². The van der Waals surface area contributed by atoms with Crippen LogP contribution in [0.15, 0.2) is 79.0 Å². The van der Waals surface area contributed by atoms with Gasteiger partial charge in [0.2, 0.25) is 0 Å². The first-order valence-electron chi connectivity index (χ1n) is 11.5. The molecule has 1 saturated heterocycles. The lowest BCUT2D eigenvalue weighted by atomic mass is 10.2. The Kier molecular flexibility index (Phi) is 6.10. The number of amides is 1. The molecule has 5 rings (SSSR count). The summed E-state index contributed by atoms with van der Waals surface area (Å²) < 4.78 is 0. The molecule has 0 aliphatic carbocycles. The van der Waals surface area contributed by atoms with Crippen molar-refractivity contribution >= 4 is 39.8 Å². The number of fused-ring (bicyclic) bond motifs is 1. The third-order valence-electron chi connectivity index (χ3n) is 6.26. The van der Waals surface area contributed by atoms with Crippen molar-refractivity contribution in [2.75, 3.05) is 42.7 Å². The maximum absolute atomic E-state index is 12.4. The molecule has 172 valence electrons. The number of benzene rings is 2. The van der Waals surface area contributed by atoms with E-state index in [1.165, 1.54) is 0 Å². The van der Waals surface area contributed by atoms with Gasteiger partial charge in [0, 0.05) is 47.7 Å². The molecule has 2 aromatic heterocycles. The number of carbonyl (C=O) groups is 1. The number of nitrogens with zero attached hydrogens (tertiary/aromatic N) is 4. The zero-order chi connectivity index (χ0) is 23.5. The Labute approximate surface area is 199 Å². The first-order valence-corrected chi connectivity index (χ1v) is 11.5. The van der Waals surface area contributed by atoms with Gasteiger partial charge in [-0.2, -0.15) is 0 Å². The number of hydrogen-bond donors (Lipinski definition) is 2. The lowest BCUT2D eigenvalue weighted by molar-refractivity contribution is 0.102. The SMILES string of the molecule is CN(C)[C@H]1CCN(c2ccc3c(Nc4ccc(NC(=O)c5ccccc5)cc4)ccnc3n2)C1. The topological polar surface area (TPSA) is 73.4 Å². The van der Waals surface area contributed by atoms with Gasteiger partial charge in [0.25, 0.3) is 5.91 Å². The van der Waals surface area contributed by atoms with Crippen LogP contribution in [0.25, 0.3) is 11.0 Å². The molecule has 0 unspecified atom stereocenters. The normalized spacial score (nSPS) is 15.6. The minimum absolute atomic E-state index is 0.127. The zero-order valence-electron chi connectivity index (χ0n) is 19.4. The van der Waals surface area contributed by atoms with Gasteiger partial charge in [-0.3, -0.25) is 4.79 Å². The van der Waals surface area contributed by atoms with Crippen LogP contribution in [0.4, 0.5) is 22.9 Å². The van der Waals surface area contributed by atoms with E-state index in [-0.39, 0.29) is 5.91 Å². The molecule has 34 heavy (non-hydrogen) atoms. The summed E-state index contributed by atoms with van der Waals surface area (Å²) in [7, 11) is 4.26. The number of anilines is 4. The van der Waals surface area contributed by atoms with Gasteiger partial charge in [0.1, 0.15) is 5.82 Å². The summed E-state index contributed by atoms with van der Waals surface area (Å²) in [6.45, 7) is 1.99. The second kappa shape index (κ2) is 9.49. The summed E-state index contributed by atoms with van der Waals surface area (Å²) in [5.41, 5.74) is 3.96. The number of pyridine rings is 2. The quantitative estimate of drug-likeness (QED) is 0.439. The van der Waals surface area contributed by atoms with Crippen LogP contribution in [0.2, 0.25) is 0 Å². The summed E-state index contributed by atoms with van der Waals surface area (Å²) in [4.78, 5) is 26.3. The van der Waals surface area contributed by atoms with Crippen LogP contribution in [0.5, 0.6) is 0 Å². The van der Waals surface area contributed by atoms with E-state index in [0.717, 1.165) is 53.4 Å². The van der Waals surface area contributed by atoms with Crippen molar-refractivity contribution in [3.8, 4) is 0 Å². The number of likely N-dealkylation sites (N-methyl/N-ethyl adjacent to an activating group) is 1. The maximum Gasteiger partial charge on any atom is 0.255 e. The molecule has 3 heterocycles. The van der Waals surface area contributed by atoms with Crippen molar-refractivity contribution in [3.05, 3.63) is 84.6 Å². The van der Waals surface area contributed by atoms with Crippen molar-refractivity contribution < 1.29 is 4.79 Å². The summed E-state index contributed by atoms with van der Waals surface area (Å²) >= 11 is 0. The average molecular weight is 453 g/mol. The predicted octanol–water partition coefficient (Wildman–Crippen LogP) is 4.77. The van der Waals surface area contributed by atoms with Gasteiger partial charge in [0.15, 0.2) is 5.65 Å². The molecule has 1 atom stereocenters.